The van der Waals surface area contributed by atoms with E-state index in [1.54, 1.807) is 18.6 Å². The largest absolute Gasteiger partial charge is 0.473 e. The molecular formula is C20H26N4O2. The fraction of sp³-hybridized carbons (Fsp3) is 0.450. The Morgan fingerprint density at radius 3 is 2.42 bits per heavy atom. The van der Waals surface area contributed by atoms with Gasteiger partial charge in [-0.3, -0.25) is 4.98 Å². The number of rotatable bonds is 3. The van der Waals surface area contributed by atoms with Crippen LogP contribution in [-0.4, -0.2) is 40.1 Å². The van der Waals surface area contributed by atoms with Gasteiger partial charge in [-0.25, -0.2) is 9.78 Å². The predicted molar refractivity (Wildman–Crippen MR) is 101 cm³/mol. The van der Waals surface area contributed by atoms with E-state index in [2.05, 4.69) is 48.2 Å². The number of urea groups is 1. The number of nitrogens with one attached hydrogen (secondary N) is 1. The van der Waals surface area contributed by atoms with Crippen LogP contribution in [0.25, 0.3) is 0 Å². The van der Waals surface area contributed by atoms with Gasteiger partial charge in [-0.15, -0.1) is 0 Å². The molecule has 26 heavy (non-hydrogen) atoms. The number of hydrogen-bond acceptors (Lipinski definition) is 4. The molecular weight excluding hydrogens is 328 g/mol. The van der Waals surface area contributed by atoms with Gasteiger partial charge in [0.25, 0.3) is 0 Å². The van der Waals surface area contributed by atoms with E-state index in [-0.39, 0.29) is 17.6 Å². The first-order chi connectivity index (χ1) is 12.4. The first-order valence-electron chi connectivity index (χ1n) is 9.01. The Hall–Kier alpha value is -2.63. The standard InChI is InChI=1S/C20H26N4O2/c1-20(2,3)15-4-6-16(7-5-15)23-19(25)24-12-8-17(9-13-24)26-18-14-21-10-11-22-18/h4-7,10-11,14,17H,8-9,12-13H2,1-3H3,(H,23,25). The molecule has 1 aromatic carbocycles. The van der Waals surface area contributed by atoms with Crippen molar-refractivity contribution in [3.05, 3.63) is 48.4 Å². The van der Waals surface area contributed by atoms with Crippen LogP contribution in [0, 0.1) is 0 Å². The highest BCUT2D eigenvalue weighted by molar-refractivity contribution is 5.89. The molecule has 3 rings (SSSR count). The lowest BCUT2D eigenvalue weighted by Crippen LogP contribution is -2.43. The first kappa shape index (κ1) is 18.2. The normalized spacial score (nSPS) is 15.6. The average Bonchev–Trinajstić information content (AvgIpc) is 2.63. The molecule has 0 unspecified atom stereocenters. The number of anilines is 1. The molecule has 0 atom stereocenters. The van der Waals surface area contributed by atoms with Crippen molar-refractivity contribution < 1.29 is 9.53 Å². The Balaban J connectivity index is 1.49. The zero-order valence-electron chi connectivity index (χ0n) is 15.6. The number of benzene rings is 1. The van der Waals surface area contributed by atoms with Crippen molar-refractivity contribution in [2.24, 2.45) is 0 Å². The Labute approximate surface area is 154 Å². The van der Waals surface area contributed by atoms with Gasteiger partial charge in [-0.2, -0.15) is 0 Å². The minimum atomic E-state index is -0.0635. The molecule has 2 aromatic rings. The lowest BCUT2D eigenvalue weighted by molar-refractivity contribution is 0.111. The van der Waals surface area contributed by atoms with E-state index in [1.165, 1.54) is 5.56 Å². The summed E-state index contributed by atoms with van der Waals surface area (Å²) in [5.74, 6) is 0.536. The lowest BCUT2D eigenvalue weighted by atomic mass is 9.87. The topological polar surface area (TPSA) is 67.4 Å². The third kappa shape index (κ3) is 4.71. The molecule has 1 aliphatic rings. The third-order valence-electron chi connectivity index (χ3n) is 4.56. The van der Waals surface area contributed by atoms with E-state index >= 15 is 0 Å². The maximum absolute atomic E-state index is 12.5. The zero-order valence-corrected chi connectivity index (χ0v) is 15.6. The van der Waals surface area contributed by atoms with Crippen molar-refractivity contribution in [2.75, 3.05) is 18.4 Å². The van der Waals surface area contributed by atoms with E-state index < -0.39 is 0 Å². The minimum Gasteiger partial charge on any atom is -0.473 e. The number of ether oxygens (including phenoxy) is 1. The van der Waals surface area contributed by atoms with Crippen LogP contribution in [-0.2, 0) is 5.41 Å². The van der Waals surface area contributed by atoms with Crippen molar-refractivity contribution in [1.29, 1.82) is 0 Å². The molecule has 6 heteroatoms. The number of carbonyl (C=O) groups is 1. The molecule has 1 saturated heterocycles. The molecule has 0 saturated carbocycles. The molecule has 1 N–H and O–H groups in total. The quantitative estimate of drug-likeness (QED) is 0.909. The number of hydrogen-bond donors (Lipinski definition) is 1. The summed E-state index contributed by atoms with van der Waals surface area (Å²) >= 11 is 0. The van der Waals surface area contributed by atoms with Gasteiger partial charge in [0.15, 0.2) is 0 Å². The highest BCUT2D eigenvalue weighted by Gasteiger charge is 2.24. The van der Waals surface area contributed by atoms with Crippen LogP contribution < -0.4 is 10.1 Å². The van der Waals surface area contributed by atoms with E-state index in [0.717, 1.165) is 18.5 Å². The predicted octanol–water partition coefficient (Wildman–Crippen LogP) is 3.85. The van der Waals surface area contributed by atoms with Gasteiger partial charge in [-0.05, 0) is 23.1 Å². The number of likely N-dealkylation sites (tertiary alicyclic amines) is 1. The molecule has 1 fully saturated rings. The van der Waals surface area contributed by atoms with Crippen LogP contribution in [0.4, 0.5) is 10.5 Å². The number of aromatic nitrogens is 2. The Morgan fingerprint density at radius 1 is 1.15 bits per heavy atom. The maximum Gasteiger partial charge on any atom is 0.321 e. The third-order valence-corrected chi connectivity index (χ3v) is 4.56. The molecule has 6 nitrogen and oxygen atoms in total. The Morgan fingerprint density at radius 2 is 1.85 bits per heavy atom. The summed E-state index contributed by atoms with van der Waals surface area (Å²) < 4.78 is 5.81. The molecule has 0 aliphatic carbocycles. The van der Waals surface area contributed by atoms with Crippen molar-refractivity contribution in [3.8, 4) is 5.88 Å². The Bertz CT molecular complexity index is 718. The van der Waals surface area contributed by atoms with Gasteiger partial charge in [0.1, 0.15) is 6.10 Å². The summed E-state index contributed by atoms with van der Waals surface area (Å²) in [6.07, 6.45) is 6.48. The summed E-state index contributed by atoms with van der Waals surface area (Å²) in [5.41, 5.74) is 2.17. The molecule has 1 aliphatic heterocycles. The summed E-state index contributed by atoms with van der Waals surface area (Å²) in [4.78, 5) is 22.4. The summed E-state index contributed by atoms with van der Waals surface area (Å²) in [6.45, 7) is 7.85. The average molecular weight is 354 g/mol. The van der Waals surface area contributed by atoms with Crippen LogP contribution in [0.15, 0.2) is 42.9 Å². The zero-order chi connectivity index (χ0) is 18.6. The van der Waals surface area contributed by atoms with Gasteiger partial charge >= 0.3 is 6.03 Å². The summed E-state index contributed by atoms with van der Waals surface area (Å²) in [7, 11) is 0. The lowest BCUT2D eigenvalue weighted by Gasteiger charge is -2.31. The number of piperidine rings is 1. The second kappa shape index (κ2) is 7.72. The molecule has 2 amide bonds. The van der Waals surface area contributed by atoms with Crippen molar-refractivity contribution in [1.82, 2.24) is 14.9 Å². The molecule has 2 heterocycles. The van der Waals surface area contributed by atoms with Crippen LogP contribution in [0.3, 0.4) is 0 Å². The van der Waals surface area contributed by atoms with Gasteiger partial charge in [0.2, 0.25) is 5.88 Å². The van der Waals surface area contributed by atoms with Crippen LogP contribution in [0.5, 0.6) is 5.88 Å². The second-order valence-corrected chi connectivity index (χ2v) is 7.61. The highest BCUT2D eigenvalue weighted by Crippen LogP contribution is 2.24. The van der Waals surface area contributed by atoms with Gasteiger partial charge in [0, 0.05) is 44.0 Å². The second-order valence-electron chi connectivity index (χ2n) is 7.61. The van der Waals surface area contributed by atoms with Gasteiger partial charge in [0.05, 0.1) is 6.20 Å². The number of amides is 2. The number of carbonyl (C=O) groups excluding carboxylic acids is 1. The molecule has 1 aromatic heterocycles. The van der Waals surface area contributed by atoms with Crippen LogP contribution >= 0.6 is 0 Å². The van der Waals surface area contributed by atoms with Crippen molar-refractivity contribution >= 4 is 11.7 Å². The summed E-state index contributed by atoms with van der Waals surface area (Å²) in [5, 5.41) is 2.98. The first-order valence-corrected chi connectivity index (χ1v) is 9.01. The SMILES string of the molecule is CC(C)(C)c1ccc(NC(=O)N2CCC(Oc3cnccn3)CC2)cc1. The summed E-state index contributed by atoms with van der Waals surface area (Å²) in [6, 6.07) is 7.99. The fourth-order valence-corrected chi connectivity index (χ4v) is 2.95. The van der Waals surface area contributed by atoms with Crippen molar-refractivity contribution in [3.63, 3.8) is 0 Å². The van der Waals surface area contributed by atoms with E-state index in [4.69, 9.17) is 4.74 Å². The number of nitrogens with zero attached hydrogens (tertiary/aromatic N) is 3. The maximum atomic E-state index is 12.5. The van der Waals surface area contributed by atoms with Crippen LogP contribution in [0.2, 0.25) is 0 Å². The van der Waals surface area contributed by atoms with Crippen LogP contribution in [0.1, 0.15) is 39.2 Å². The monoisotopic (exact) mass is 354 g/mol. The Kier molecular flexibility index (Phi) is 5.40. The molecule has 0 bridgehead atoms. The van der Waals surface area contributed by atoms with Gasteiger partial charge in [-0.1, -0.05) is 32.9 Å². The molecule has 0 spiro atoms. The molecule has 0 radical (unpaired) electrons. The van der Waals surface area contributed by atoms with E-state index in [1.807, 2.05) is 17.0 Å². The smallest absolute Gasteiger partial charge is 0.321 e. The van der Waals surface area contributed by atoms with Crippen molar-refractivity contribution in [2.45, 2.75) is 45.1 Å². The highest BCUT2D eigenvalue weighted by atomic mass is 16.5. The van der Waals surface area contributed by atoms with E-state index in [0.29, 0.717) is 19.0 Å². The van der Waals surface area contributed by atoms with E-state index in [9.17, 15) is 4.79 Å². The van der Waals surface area contributed by atoms with Gasteiger partial charge < -0.3 is 15.0 Å². The minimum absolute atomic E-state index is 0.0635. The fourth-order valence-electron chi connectivity index (χ4n) is 2.95. The molecule has 138 valence electrons.